The summed E-state index contributed by atoms with van der Waals surface area (Å²) >= 11 is 0. The van der Waals surface area contributed by atoms with E-state index in [0.29, 0.717) is 36.9 Å². The molecule has 0 radical (unpaired) electrons. The molecule has 0 spiro atoms. The Bertz CT molecular complexity index is 965. The number of fused-ring (bicyclic) bond motifs is 7. The van der Waals surface area contributed by atoms with Crippen LogP contribution in [0, 0.1) is 50.2 Å². The van der Waals surface area contributed by atoms with Crippen LogP contribution in [0.5, 0.6) is 0 Å². The van der Waals surface area contributed by atoms with Gasteiger partial charge in [0, 0.05) is 17.3 Å². The predicted molar refractivity (Wildman–Crippen MR) is 133 cm³/mol. The van der Waals surface area contributed by atoms with Crippen LogP contribution >= 0.6 is 0 Å². The average Bonchev–Trinajstić information content (AvgIpc) is 2.73. The van der Waals surface area contributed by atoms with Gasteiger partial charge in [0.25, 0.3) is 0 Å². The molecule has 0 bridgehead atoms. The van der Waals surface area contributed by atoms with Crippen molar-refractivity contribution in [2.45, 2.75) is 112 Å². The molecule has 5 rings (SSSR count). The van der Waals surface area contributed by atoms with Gasteiger partial charge in [-0.25, -0.2) is 0 Å². The van der Waals surface area contributed by atoms with Crippen molar-refractivity contribution in [3.63, 3.8) is 0 Å². The van der Waals surface area contributed by atoms with Crippen molar-refractivity contribution in [2.75, 3.05) is 0 Å². The Kier molecular flexibility index (Phi) is 5.04. The van der Waals surface area contributed by atoms with Crippen LogP contribution in [0.25, 0.3) is 0 Å². The molecule has 34 heavy (non-hydrogen) atoms. The van der Waals surface area contributed by atoms with Crippen LogP contribution in [0.4, 0.5) is 0 Å². The molecule has 0 unspecified atom stereocenters. The zero-order valence-electron chi connectivity index (χ0n) is 22.5. The average molecular weight is 471 g/mol. The molecule has 4 fully saturated rings. The second-order valence-electron chi connectivity index (χ2n) is 14.8. The van der Waals surface area contributed by atoms with Gasteiger partial charge in [0.1, 0.15) is 5.78 Å². The van der Waals surface area contributed by atoms with Crippen molar-refractivity contribution in [2.24, 2.45) is 50.2 Å². The van der Waals surface area contributed by atoms with Crippen LogP contribution in [0.2, 0.25) is 0 Å². The van der Waals surface area contributed by atoms with E-state index in [1.54, 1.807) is 0 Å². The quantitative estimate of drug-likeness (QED) is 0.434. The van der Waals surface area contributed by atoms with Crippen molar-refractivity contribution in [1.82, 2.24) is 0 Å². The minimum atomic E-state index is -0.877. The summed E-state index contributed by atoms with van der Waals surface area (Å²) in [6, 6.07) is 0. The van der Waals surface area contributed by atoms with E-state index in [-0.39, 0.29) is 33.0 Å². The number of ketones is 1. The van der Waals surface area contributed by atoms with Crippen molar-refractivity contribution in [1.29, 1.82) is 0 Å². The molecule has 0 aliphatic heterocycles. The van der Waals surface area contributed by atoms with E-state index in [4.69, 9.17) is 0 Å². The summed E-state index contributed by atoms with van der Waals surface area (Å²) in [7, 11) is 0. The first-order chi connectivity index (χ1) is 15.6. The molecule has 5 aliphatic rings. The van der Waals surface area contributed by atoms with Gasteiger partial charge in [0.2, 0.25) is 0 Å². The van der Waals surface area contributed by atoms with Gasteiger partial charge in [-0.3, -0.25) is 9.59 Å². The standard InChI is InChI=1S/C30H46O4/c1-25(2)20-10-13-30(7)21(28(20,5)12-11-22(25)31)9-8-18-19-16-26(3,24(33)34)17-23(32)27(19,4)14-15-29(18,30)6/h8,19-21,23,32H,9-17H2,1-7H3,(H,33,34)/t19-,20+,21-,23+,26-,27-,28+,29-,30-/m1/s1. The normalized spacial score (nSPS) is 54.1. The fourth-order valence-electron chi connectivity index (χ4n) is 10.5. The van der Waals surface area contributed by atoms with Crippen LogP contribution in [-0.2, 0) is 9.59 Å². The third-order valence-electron chi connectivity index (χ3n) is 13.2. The predicted octanol–water partition coefficient (Wildman–Crippen LogP) is 6.41. The zero-order chi connectivity index (χ0) is 25.1. The summed E-state index contributed by atoms with van der Waals surface area (Å²) in [4.78, 5) is 25.2. The maximum Gasteiger partial charge on any atom is 0.309 e. The summed E-state index contributed by atoms with van der Waals surface area (Å²) in [6.45, 7) is 15.9. The largest absolute Gasteiger partial charge is 0.481 e. The van der Waals surface area contributed by atoms with Gasteiger partial charge >= 0.3 is 5.97 Å². The Balaban J connectivity index is 1.59. The fourth-order valence-corrected chi connectivity index (χ4v) is 10.5. The van der Waals surface area contributed by atoms with Gasteiger partial charge in [-0.2, -0.15) is 0 Å². The van der Waals surface area contributed by atoms with Crippen LogP contribution in [0.1, 0.15) is 106 Å². The number of aliphatic hydroxyl groups excluding tert-OH is 1. The number of hydrogen-bond donors (Lipinski definition) is 2. The van der Waals surface area contributed by atoms with Gasteiger partial charge in [-0.05, 0) is 92.3 Å². The molecule has 0 amide bonds. The minimum Gasteiger partial charge on any atom is -0.481 e. The third-order valence-corrected chi connectivity index (χ3v) is 13.2. The summed E-state index contributed by atoms with van der Waals surface area (Å²) in [5.41, 5.74) is 0.360. The molecule has 4 nitrogen and oxygen atoms in total. The molecule has 0 aromatic rings. The maximum atomic E-state index is 12.9. The van der Waals surface area contributed by atoms with E-state index in [0.717, 1.165) is 38.5 Å². The lowest BCUT2D eigenvalue weighted by Gasteiger charge is -2.71. The number of carbonyl (C=O) groups excluding carboxylic acids is 1. The number of carbonyl (C=O) groups is 2. The van der Waals surface area contributed by atoms with E-state index >= 15 is 0 Å². The van der Waals surface area contributed by atoms with Crippen LogP contribution in [-0.4, -0.2) is 28.1 Å². The maximum absolute atomic E-state index is 12.9. The summed E-state index contributed by atoms with van der Waals surface area (Å²) in [5, 5.41) is 21.3. The number of hydrogen-bond acceptors (Lipinski definition) is 3. The fraction of sp³-hybridized carbons (Fsp3) is 0.867. The lowest BCUT2D eigenvalue weighted by Crippen LogP contribution is -2.65. The second-order valence-corrected chi connectivity index (χ2v) is 14.8. The van der Waals surface area contributed by atoms with E-state index in [9.17, 15) is 19.8 Å². The first-order valence-corrected chi connectivity index (χ1v) is 13.7. The number of carboxylic acid groups (broad SMARTS) is 1. The van der Waals surface area contributed by atoms with E-state index in [1.165, 1.54) is 5.57 Å². The minimum absolute atomic E-state index is 0.0101. The highest BCUT2D eigenvalue weighted by molar-refractivity contribution is 5.85. The van der Waals surface area contributed by atoms with Crippen molar-refractivity contribution in [3.05, 3.63) is 11.6 Å². The zero-order valence-corrected chi connectivity index (χ0v) is 22.5. The third kappa shape index (κ3) is 2.75. The molecular weight excluding hydrogens is 424 g/mol. The molecule has 0 saturated heterocycles. The molecule has 4 saturated carbocycles. The van der Waals surface area contributed by atoms with E-state index < -0.39 is 17.5 Å². The van der Waals surface area contributed by atoms with Gasteiger partial charge in [-0.15, -0.1) is 0 Å². The number of aliphatic hydroxyl groups is 1. The van der Waals surface area contributed by atoms with Crippen molar-refractivity contribution in [3.8, 4) is 0 Å². The van der Waals surface area contributed by atoms with Crippen LogP contribution in [0.15, 0.2) is 11.6 Å². The Hall–Kier alpha value is -1.16. The highest BCUT2D eigenvalue weighted by atomic mass is 16.4. The summed E-state index contributed by atoms with van der Waals surface area (Å²) in [6.07, 6.45) is 9.84. The highest BCUT2D eigenvalue weighted by Gasteiger charge is 2.69. The Morgan fingerprint density at radius 1 is 0.912 bits per heavy atom. The SMILES string of the molecule is CC1(C)C(=O)CC[C@]2(C)[C@H]3CC=C4[C@H]5C[C@@](C)(C(=O)O)C[C@H](O)[C@]5(C)CC[C@@]4(C)[C@]3(C)CC[C@@H]12. The molecule has 2 N–H and O–H groups in total. The smallest absolute Gasteiger partial charge is 0.309 e. The van der Waals surface area contributed by atoms with Gasteiger partial charge in [0.15, 0.2) is 0 Å². The van der Waals surface area contributed by atoms with E-state index in [2.05, 4.69) is 47.6 Å². The molecule has 0 aromatic heterocycles. The number of aliphatic carboxylic acids is 1. The molecule has 0 aromatic carbocycles. The topological polar surface area (TPSA) is 74.6 Å². The number of Topliss-reactive ketones (excluding diaryl/α,β-unsaturated/α-hetero) is 1. The molecule has 5 aliphatic carbocycles. The van der Waals surface area contributed by atoms with E-state index in [1.807, 2.05) is 6.92 Å². The monoisotopic (exact) mass is 470 g/mol. The second kappa shape index (κ2) is 6.99. The molecule has 190 valence electrons. The van der Waals surface area contributed by atoms with Gasteiger partial charge in [0.05, 0.1) is 11.5 Å². The van der Waals surface area contributed by atoms with Gasteiger partial charge in [-0.1, -0.05) is 53.2 Å². The van der Waals surface area contributed by atoms with Crippen LogP contribution in [0.3, 0.4) is 0 Å². The first kappa shape index (κ1) is 24.5. The lowest BCUT2D eigenvalue weighted by molar-refractivity contribution is -0.193. The summed E-state index contributed by atoms with van der Waals surface area (Å²) < 4.78 is 0. The molecular formula is C30H46O4. The van der Waals surface area contributed by atoms with Gasteiger partial charge < -0.3 is 10.2 Å². The lowest BCUT2D eigenvalue weighted by atomic mass is 9.33. The molecule has 4 heteroatoms. The Morgan fingerprint density at radius 3 is 2.24 bits per heavy atom. The number of rotatable bonds is 1. The summed E-state index contributed by atoms with van der Waals surface area (Å²) in [5.74, 6) is 0.740. The molecule has 9 atom stereocenters. The Labute approximate surface area is 206 Å². The Morgan fingerprint density at radius 2 is 1.59 bits per heavy atom. The number of carboxylic acids is 1. The van der Waals surface area contributed by atoms with Crippen molar-refractivity contribution >= 4 is 11.8 Å². The van der Waals surface area contributed by atoms with Crippen LogP contribution < -0.4 is 0 Å². The first-order valence-electron chi connectivity index (χ1n) is 13.7. The number of allylic oxidation sites excluding steroid dienone is 2. The molecule has 0 heterocycles. The highest BCUT2D eigenvalue weighted by Crippen LogP contribution is 2.75. The van der Waals surface area contributed by atoms with Crippen molar-refractivity contribution < 1.29 is 19.8 Å².